The van der Waals surface area contributed by atoms with Crippen LogP contribution in [0.1, 0.15) is 25.6 Å². The molecule has 104 valence electrons. The minimum atomic E-state index is -1.15. The molecule has 0 bridgehead atoms. The van der Waals surface area contributed by atoms with Gasteiger partial charge >= 0.3 is 5.97 Å². The molecule has 1 heterocycles. The molecule has 20 heavy (non-hydrogen) atoms. The van der Waals surface area contributed by atoms with Crippen molar-refractivity contribution in [3.05, 3.63) is 49.6 Å². The van der Waals surface area contributed by atoms with E-state index in [1.54, 1.807) is 12.3 Å². The molecule has 0 aliphatic carbocycles. The van der Waals surface area contributed by atoms with Crippen LogP contribution in [-0.2, 0) is 0 Å². The van der Waals surface area contributed by atoms with Gasteiger partial charge in [-0.15, -0.1) is 11.3 Å². The van der Waals surface area contributed by atoms with Gasteiger partial charge in [-0.05, 0) is 36.1 Å². The molecule has 1 aromatic carbocycles. The van der Waals surface area contributed by atoms with Crippen LogP contribution in [0.2, 0.25) is 10.0 Å². The Morgan fingerprint density at radius 2 is 2.00 bits per heavy atom. The molecule has 0 fully saturated rings. The standard InChI is InChI=1S/C13H9Cl2NO3S/c1-6-5-20-11(10(6)15)12(17)16-9-4-7(14)2-3-8(9)13(18)19/h2-5H,1H3,(H,16,17)(H,18,19). The summed E-state index contributed by atoms with van der Waals surface area (Å²) < 4.78 is 0. The van der Waals surface area contributed by atoms with Crippen LogP contribution in [-0.4, -0.2) is 17.0 Å². The van der Waals surface area contributed by atoms with Gasteiger partial charge in [0.25, 0.3) is 5.91 Å². The van der Waals surface area contributed by atoms with Crippen LogP contribution in [0, 0.1) is 6.92 Å². The molecule has 0 unspecified atom stereocenters. The van der Waals surface area contributed by atoms with Crippen LogP contribution in [0.15, 0.2) is 23.6 Å². The fourth-order valence-corrected chi connectivity index (χ4v) is 2.91. The molecule has 2 aromatic rings. The highest BCUT2D eigenvalue weighted by Crippen LogP contribution is 2.29. The van der Waals surface area contributed by atoms with Gasteiger partial charge in [-0.1, -0.05) is 23.2 Å². The van der Waals surface area contributed by atoms with Gasteiger partial charge in [0.05, 0.1) is 16.3 Å². The maximum Gasteiger partial charge on any atom is 0.337 e. The lowest BCUT2D eigenvalue weighted by Crippen LogP contribution is -2.14. The summed E-state index contributed by atoms with van der Waals surface area (Å²) in [5.41, 5.74) is 0.899. The first-order chi connectivity index (χ1) is 9.40. The van der Waals surface area contributed by atoms with Crippen molar-refractivity contribution in [1.82, 2.24) is 0 Å². The third kappa shape index (κ3) is 2.95. The number of rotatable bonds is 3. The summed E-state index contributed by atoms with van der Waals surface area (Å²) >= 11 is 13.0. The Bertz CT molecular complexity index is 697. The minimum Gasteiger partial charge on any atom is -0.478 e. The van der Waals surface area contributed by atoms with Crippen LogP contribution in [0.3, 0.4) is 0 Å². The lowest BCUT2D eigenvalue weighted by atomic mass is 10.1. The fourth-order valence-electron chi connectivity index (χ4n) is 1.57. The molecule has 0 saturated heterocycles. The number of anilines is 1. The van der Waals surface area contributed by atoms with Crippen LogP contribution < -0.4 is 5.32 Å². The number of carboxylic acid groups (broad SMARTS) is 1. The molecule has 0 saturated carbocycles. The number of aryl methyl sites for hydroxylation is 1. The van der Waals surface area contributed by atoms with Gasteiger partial charge in [0.1, 0.15) is 4.88 Å². The number of nitrogens with one attached hydrogen (secondary N) is 1. The van der Waals surface area contributed by atoms with E-state index in [-0.39, 0.29) is 11.3 Å². The zero-order chi connectivity index (χ0) is 14.9. The van der Waals surface area contributed by atoms with Crippen molar-refractivity contribution in [2.24, 2.45) is 0 Å². The zero-order valence-electron chi connectivity index (χ0n) is 10.2. The predicted octanol–water partition coefficient (Wildman–Crippen LogP) is 4.31. The largest absolute Gasteiger partial charge is 0.478 e. The van der Waals surface area contributed by atoms with E-state index < -0.39 is 11.9 Å². The molecule has 0 aliphatic heterocycles. The van der Waals surface area contributed by atoms with E-state index in [4.69, 9.17) is 28.3 Å². The summed E-state index contributed by atoms with van der Waals surface area (Å²) in [6, 6.07) is 4.17. The summed E-state index contributed by atoms with van der Waals surface area (Å²) in [5, 5.41) is 14.1. The SMILES string of the molecule is Cc1csc(C(=O)Nc2cc(Cl)ccc2C(=O)O)c1Cl. The summed E-state index contributed by atoms with van der Waals surface area (Å²) in [5.74, 6) is -1.61. The molecular weight excluding hydrogens is 321 g/mol. The van der Waals surface area contributed by atoms with Crippen molar-refractivity contribution in [3.8, 4) is 0 Å². The average Bonchev–Trinajstić information content (AvgIpc) is 2.69. The van der Waals surface area contributed by atoms with Crippen LogP contribution in [0.4, 0.5) is 5.69 Å². The van der Waals surface area contributed by atoms with Gasteiger partial charge in [0.15, 0.2) is 0 Å². The van der Waals surface area contributed by atoms with E-state index in [1.165, 1.54) is 29.5 Å². The van der Waals surface area contributed by atoms with Gasteiger partial charge in [0, 0.05) is 5.02 Å². The number of carbonyl (C=O) groups excluding carboxylic acids is 1. The smallest absolute Gasteiger partial charge is 0.337 e. The first-order valence-electron chi connectivity index (χ1n) is 5.48. The number of halogens is 2. The molecule has 0 atom stereocenters. The topological polar surface area (TPSA) is 66.4 Å². The molecule has 0 radical (unpaired) electrons. The van der Waals surface area contributed by atoms with Gasteiger partial charge < -0.3 is 10.4 Å². The Balaban J connectivity index is 2.35. The molecule has 1 amide bonds. The van der Waals surface area contributed by atoms with Crippen LogP contribution in [0.5, 0.6) is 0 Å². The van der Waals surface area contributed by atoms with Crippen LogP contribution >= 0.6 is 34.5 Å². The highest BCUT2D eigenvalue weighted by Gasteiger charge is 2.18. The van der Waals surface area contributed by atoms with E-state index in [0.29, 0.717) is 14.9 Å². The fraction of sp³-hybridized carbons (Fsp3) is 0.0769. The second-order valence-corrected chi connectivity index (χ2v) is 5.71. The summed E-state index contributed by atoms with van der Waals surface area (Å²) in [6.07, 6.45) is 0. The molecule has 4 nitrogen and oxygen atoms in total. The van der Waals surface area contributed by atoms with E-state index in [2.05, 4.69) is 5.32 Å². The Morgan fingerprint density at radius 3 is 2.55 bits per heavy atom. The maximum absolute atomic E-state index is 12.1. The lowest BCUT2D eigenvalue weighted by molar-refractivity contribution is 0.0698. The number of hydrogen-bond donors (Lipinski definition) is 2. The average molecular weight is 330 g/mol. The van der Waals surface area contributed by atoms with E-state index in [0.717, 1.165) is 5.56 Å². The quantitative estimate of drug-likeness (QED) is 0.881. The van der Waals surface area contributed by atoms with E-state index in [1.807, 2.05) is 0 Å². The van der Waals surface area contributed by atoms with Crippen molar-refractivity contribution in [1.29, 1.82) is 0 Å². The predicted molar refractivity (Wildman–Crippen MR) is 80.4 cm³/mol. The normalized spacial score (nSPS) is 10.3. The number of hydrogen-bond acceptors (Lipinski definition) is 3. The van der Waals surface area contributed by atoms with Gasteiger partial charge in [-0.25, -0.2) is 4.79 Å². The summed E-state index contributed by atoms with van der Waals surface area (Å²) in [4.78, 5) is 23.6. The van der Waals surface area contributed by atoms with Gasteiger partial charge in [0.2, 0.25) is 0 Å². The van der Waals surface area contributed by atoms with Crippen molar-refractivity contribution >= 4 is 52.1 Å². The van der Waals surface area contributed by atoms with Gasteiger partial charge in [-0.2, -0.15) is 0 Å². The van der Waals surface area contributed by atoms with Crippen molar-refractivity contribution in [3.63, 3.8) is 0 Å². The summed E-state index contributed by atoms with van der Waals surface area (Å²) in [7, 11) is 0. The van der Waals surface area contributed by atoms with Crippen LogP contribution in [0.25, 0.3) is 0 Å². The Labute approximate surface area is 128 Å². The number of aromatic carboxylic acids is 1. The molecule has 2 rings (SSSR count). The highest BCUT2D eigenvalue weighted by molar-refractivity contribution is 7.13. The number of thiophene rings is 1. The highest BCUT2D eigenvalue weighted by atomic mass is 35.5. The van der Waals surface area contributed by atoms with Crippen molar-refractivity contribution in [2.45, 2.75) is 6.92 Å². The first-order valence-corrected chi connectivity index (χ1v) is 7.11. The van der Waals surface area contributed by atoms with E-state index >= 15 is 0 Å². The number of carbonyl (C=O) groups is 2. The number of benzene rings is 1. The van der Waals surface area contributed by atoms with Gasteiger partial charge in [-0.3, -0.25) is 4.79 Å². The lowest BCUT2D eigenvalue weighted by Gasteiger charge is -2.08. The number of amides is 1. The Hall–Kier alpha value is -1.56. The molecule has 0 spiro atoms. The third-order valence-corrected chi connectivity index (χ3v) is 4.50. The molecule has 2 N–H and O–H groups in total. The third-order valence-electron chi connectivity index (χ3n) is 2.57. The second-order valence-electron chi connectivity index (χ2n) is 4.01. The molecule has 0 aliphatic rings. The number of carboxylic acids is 1. The molecule has 7 heteroatoms. The zero-order valence-corrected chi connectivity index (χ0v) is 12.6. The Morgan fingerprint density at radius 1 is 1.30 bits per heavy atom. The van der Waals surface area contributed by atoms with Crippen molar-refractivity contribution in [2.75, 3.05) is 5.32 Å². The monoisotopic (exact) mass is 329 g/mol. The Kier molecular flexibility index (Phi) is 4.32. The van der Waals surface area contributed by atoms with E-state index in [9.17, 15) is 9.59 Å². The first kappa shape index (κ1) is 14.8. The molecular formula is C13H9Cl2NO3S. The summed E-state index contributed by atoms with van der Waals surface area (Å²) in [6.45, 7) is 1.79. The second kappa shape index (κ2) is 5.83. The maximum atomic E-state index is 12.1. The minimum absolute atomic E-state index is 0.0350. The molecule has 1 aromatic heterocycles. The van der Waals surface area contributed by atoms with Crippen molar-refractivity contribution < 1.29 is 14.7 Å².